The van der Waals surface area contributed by atoms with Crippen molar-refractivity contribution >= 4 is 5.91 Å². The largest absolute Gasteiger partial charge is 0.341 e. The highest BCUT2D eigenvalue weighted by Gasteiger charge is 2.26. The standard InChI is InChI=1S/C14H27N3O/c1-12-8-13(2)10-17(9-12)14(18)11-16-6-3-4-15-5-7-16/h12-13,15H,3-11H2,1-2H3. The van der Waals surface area contributed by atoms with E-state index in [1.807, 2.05) is 0 Å². The normalized spacial score (nSPS) is 31.1. The van der Waals surface area contributed by atoms with Gasteiger partial charge in [0.1, 0.15) is 0 Å². The van der Waals surface area contributed by atoms with Crippen LogP contribution in [0.4, 0.5) is 0 Å². The third-order valence-corrected chi connectivity index (χ3v) is 4.01. The van der Waals surface area contributed by atoms with Crippen LogP contribution in [0.5, 0.6) is 0 Å². The molecule has 104 valence electrons. The Kier molecular flexibility index (Phi) is 5.01. The molecule has 0 bridgehead atoms. The van der Waals surface area contributed by atoms with Crippen molar-refractivity contribution in [2.75, 3.05) is 45.8 Å². The molecule has 2 heterocycles. The number of nitrogens with zero attached hydrogens (tertiary/aromatic N) is 2. The molecule has 2 unspecified atom stereocenters. The van der Waals surface area contributed by atoms with Gasteiger partial charge in [0.15, 0.2) is 0 Å². The molecule has 2 rings (SSSR count). The summed E-state index contributed by atoms with van der Waals surface area (Å²) in [5.74, 6) is 1.64. The van der Waals surface area contributed by atoms with E-state index in [4.69, 9.17) is 0 Å². The molecule has 18 heavy (non-hydrogen) atoms. The van der Waals surface area contributed by atoms with Crippen molar-refractivity contribution in [2.45, 2.75) is 26.7 Å². The Balaban J connectivity index is 1.82. The van der Waals surface area contributed by atoms with Crippen molar-refractivity contribution in [2.24, 2.45) is 11.8 Å². The SMILES string of the molecule is CC1CC(C)CN(C(=O)CN2CCCNCC2)C1. The number of nitrogens with one attached hydrogen (secondary N) is 1. The van der Waals surface area contributed by atoms with Gasteiger partial charge < -0.3 is 10.2 Å². The van der Waals surface area contributed by atoms with E-state index in [2.05, 4.69) is 29.0 Å². The highest BCUT2D eigenvalue weighted by Crippen LogP contribution is 2.21. The fraction of sp³-hybridized carbons (Fsp3) is 0.929. The molecule has 0 aromatic heterocycles. The van der Waals surface area contributed by atoms with Gasteiger partial charge in [0.25, 0.3) is 0 Å². The summed E-state index contributed by atoms with van der Waals surface area (Å²) < 4.78 is 0. The molecule has 4 nitrogen and oxygen atoms in total. The van der Waals surface area contributed by atoms with Crippen LogP contribution in [0, 0.1) is 11.8 Å². The van der Waals surface area contributed by atoms with Crippen molar-refractivity contribution in [3.05, 3.63) is 0 Å². The minimum absolute atomic E-state index is 0.329. The minimum atomic E-state index is 0.329. The smallest absolute Gasteiger partial charge is 0.236 e. The van der Waals surface area contributed by atoms with E-state index in [1.165, 1.54) is 6.42 Å². The average molecular weight is 253 g/mol. The lowest BCUT2D eigenvalue weighted by atomic mass is 9.92. The first-order valence-corrected chi connectivity index (χ1v) is 7.36. The lowest BCUT2D eigenvalue weighted by molar-refractivity contribution is -0.135. The Bertz CT molecular complexity index is 264. The topological polar surface area (TPSA) is 35.6 Å². The first-order chi connectivity index (χ1) is 8.65. The van der Waals surface area contributed by atoms with Crippen LogP contribution in [0.25, 0.3) is 0 Å². The van der Waals surface area contributed by atoms with Gasteiger partial charge >= 0.3 is 0 Å². The van der Waals surface area contributed by atoms with Gasteiger partial charge in [-0.3, -0.25) is 9.69 Å². The number of carbonyl (C=O) groups excluding carboxylic acids is 1. The van der Waals surface area contributed by atoms with Gasteiger partial charge in [0, 0.05) is 26.2 Å². The molecule has 0 radical (unpaired) electrons. The predicted octanol–water partition coefficient (Wildman–Crippen LogP) is 0.786. The summed E-state index contributed by atoms with van der Waals surface area (Å²) in [7, 11) is 0. The zero-order valence-corrected chi connectivity index (χ0v) is 11.8. The maximum Gasteiger partial charge on any atom is 0.236 e. The van der Waals surface area contributed by atoms with E-state index in [1.54, 1.807) is 0 Å². The second-order valence-corrected chi connectivity index (χ2v) is 6.12. The van der Waals surface area contributed by atoms with Gasteiger partial charge in [-0.2, -0.15) is 0 Å². The first-order valence-electron chi connectivity index (χ1n) is 7.36. The number of amides is 1. The lowest BCUT2D eigenvalue weighted by Crippen LogP contribution is -2.47. The second-order valence-electron chi connectivity index (χ2n) is 6.12. The molecule has 2 aliphatic heterocycles. The van der Waals surface area contributed by atoms with Gasteiger partial charge in [-0.05, 0) is 37.8 Å². The van der Waals surface area contributed by atoms with Crippen LogP contribution in [0.1, 0.15) is 26.7 Å². The van der Waals surface area contributed by atoms with Crippen LogP contribution in [0.2, 0.25) is 0 Å². The first kappa shape index (κ1) is 13.8. The summed E-state index contributed by atoms with van der Waals surface area (Å²) in [5.41, 5.74) is 0. The third-order valence-electron chi connectivity index (χ3n) is 4.01. The molecule has 0 aromatic rings. The van der Waals surface area contributed by atoms with Crippen LogP contribution in [0.15, 0.2) is 0 Å². The lowest BCUT2D eigenvalue weighted by Gasteiger charge is -2.36. The molecular formula is C14H27N3O. The van der Waals surface area contributed by atoms with Gasteiger partial charge in [-0.1, -0.05) is 13.8 Å². The maximum absolute atomic E-state index is 12.3. The third kappa shape index (κ3) is 3.95. The number of hydrogen-bond acceptors (Lipinski definition) is 3. The minimum Gasteiger partial charge on any atom is -0.341 e. The molecule has 0 spiro atoms. The molecule has 2 aliphatic rings. The Morgan fingerprint density at radius 3 is 2.61 bits per heavy atom. The van der Waals surface area contributed by atoms with Crippen molar-refractivity contribution in [1.29, 1.82) is 0 Å². The van der Waals surface area contributed by atoms with Crippen molar-refractivity contribution in [1.82, 2.24) is 15.1 Å². The van der Waals surface area contributed by atoms with E-state index >= 15 is 0 Å². The van der Waals surface area contributed by atoms with Crippen LogP contribution < -0.4 is 5.32 Å². The van der Waals surface area contributed by atoms with E-state index < -0.39 is 0 Å². The summed E-state index contributed by atoms with van der Waals surface area (Å²) in [6.45, 7) is 11.2. The molecule has 0 aromatic carbocycles. The monoisotopic (exact) mass is 253 g/mol. The molecule has 1 amide bonds. The molecule has 1 N–H and O–H groups in total. The van der Waals surface area contributed by atoms with Crippen LogP contribution in [-0.4, -0.2) is 61.5 Å². The van der Waals surface area contributed by atoms with Crippen molar-refractivity contribution in [3.63, 3.8) is 0 Å². The van der Waals surface area contributed by atoms with Crippen molar-refractivity contribution in [3.8, 4) is 0 Å². The molecule has 2 fully saturated rings. The van der Waals surface area contributed by atoms with Gasteiger partial charge in [-0.25, -0.2) is 0 Å². The number of rotatable bonds is 2. The second kappa shape index (κ2) is 6.53. The van der Waals surface area contributed by atoms with E-state index in [0.29, 0.717) is 24.3 Å². The Morgan fingerprint density at radius 1 is 1.17 bits per heavy atom. The highest BCUT2D eigenvalue weighted by molar-refractivity contribution is 5.78. The zero-order valence-electron chi connectivity index (χ0n) is 11.8. The summed E-state index contributed by atoms with van der Waals surface area (Å²) >= 11 is 0. The Hall–Kier alpha value is -0.610. The Morgan fingerprint density at radius 2 is 1.89 bits per heavy atom. The quantitative estimate of drug-likeness (QED) is 0.790. The maximum atomic E-state index is 12.3. The van der Waals surface area contributed by atoms with Crippen molar-refractivity contribution < 1.29 is 4.79 Å². The van der Waals surface area contributed by atoms with Crippen LogP contribution in [-0.2, 0) is 4.79 Å². The zero-order chi connectivity index (χ0) is 13.0. The van der Waals surface area contributed by atoms with Gasteiger partial charge in [0.05, 0.1) is 6.54 Å². The molecule has 2 atom stereocenters. The van der Waals surface area contributed by atoms with E-state index in [-0.39, 0.29) is 0 Å². The number of hydrogen-bond donors (Lipinski definition) is 1. The predicted molar refractivity (Wildman–Crippen MR) is 73.5 cm³/mol. The molecule has 4 heteroatoms. The summed E-state index contributed by atoms with van der Waals surface area (Å²) in [6.07, 6.45) is 2.41. The molecule has 0 saturated carbocycles. The van der Waals surface area contributed by atoms with E-state index in [9.17, 15) is 4.79 Å². The Labute approximate surface area is 111 Å². The molecule has 0 aliphatic carbocycles. The fourth-order valence-electron chi connectivity index (χ4n) is 3.22. The van der Waals surface area contributed by atoms with Gasteiger partial charge in [0.2, 0.25) is 5.91 Å². The molecular weight excluding hydrogens is 226 g/mol. The van der Waals surface area contributed by atoms with Crippen LogP contribution in [0.3, 0.4) is 0 Å². The summed E-state index contributed by atoms with van der Waals surface area (Å²) in [4.78, 5) is 16.7. The van der Waals surface area contributed by atoms with Crippen LogP contribution >= 0.6 is 0 Å². The highest BCUT2D eigenvalue weighted by atomic mass is 16.2. The number of carbonyl (C=O) groups is 1. The fourth-order valence-corrected chi connectivity index (χ4v) is 3.22. The number of piperidine rings is 1. The van der Waals surface area contributed by atoms with E-state index in [0.717, 1.165) is 45.7 Å². The summed E-state index contributed by atoms with van der Waals surface area (Å²) in [5, 5.41) is 3.38. The summed E-state index contributed by atoms with van der Waals surface area (Å²) in [6, 6.07) is 0. The number of likely N-dealkylation sites (tertiary alicyclic amines) is 1. The molecule has 2 saturated heterocycles. The average Bonchev–Trinajstić information content (AvgIpc) is 2.56. The van der Waals surface area contributed by atoms with Gasteiger partial charge in [-0.15, -0.1) is 0 Å².